The molecule has 1 amide bonds. The van der Waals surface area contributed by atoms with Crippen LogP contribution < -0.4 is 10.6 Å². The van der Waals surface area contributed by atoms with E-state index in [0.29, 0.717) is 18.4 Å². The van der Waals surface area contributed by atoms with Crippen molar-refractivity contribution in [3.05, 3.63) is 0 Å². The van der Waals surface area contributed by atoms with Gasteiger partial charge in [-0.2, -0.15) is 0 Å². The third kappa shape index (κ3) is 3.27. The minimum atomic E-state index is 0.0172. The van der Waals surface area contributed by atoms with Gasteiger partial charge in [-0.1, -0.05) is 6.42 Å². The molecule has 0 bridgehead atoms. The van der Waals surface area contributed by atoms with Gasteiger partial charge in [-0.25, -0.2) is 0 Å². The van der Waals surface area contributed by atoms with E-state index in [2.05, 4.69) is 10.6 Å². The highest BCUT2D eigenvalue weighted by Gasteiger charge is 2.25. The Morgan fingerprint density at radius 2 is 2.14 bits per heavy atom. The summed E-state index contributed by atoms with van der Waals surface area (Å²) in [5.74, 6) is 1.00. The van der Waals surface area contributed by atoms with Gasteiger partial charge in [0.15, 0.2) is 0 Å². The molecular weight excluding hydrogens is 180 g/mol. The standard InChI is InChI=1S/C10H20N2O2/c1-11-10(14)6-12-5-8-3-2-4-9(8)7-13/h8-9,12-13H,2-7H2,1H3,(H,11,14). The van der Waals surface area contributed by atoms with E-state index in [9.17, 15) is 4.79 Å². The second kappa shape index (κ2) is 5.98. The van der Waals surface area contributed by atoms with Crippen molar-refractivity contribution in [1.82, 2.24) is 10.6 Å². The minimum absolute atomic E-state index is 0.0172. The highest BCUT2D eigenvalue weighted by atomic mass is 16.3. The summed E-state index contributed by atoms with van der Waals surface area (Å²) >= 11 is 0. The van der Waals surface area contributed by atoms with Crippen molar-refractivity contribution in [2.75, 3.05) is 26.7 Å². The van der Waals surface area contributed by atoms with Crippen LogP contribution in [0.3, 0.4) is 0 Å². The largest absolute Gasteiger partial charge is 0.396 e. The van der Waals surface area contributed by atoms with Gasteiger partial charge in [0.1, 0.15) is 0 Å². The topological polar surface area (TPSA) is 61.4 Å². The summed E-state index contributed by atoms with van der Waals surface area (Å²) in [5.41, 5.74) is 0. The number of likely N-dealkylation sites (N-methyl/N-ethyl adjacent to an activating group) is 1. The minimum Gasteiger partial charge on any atom is -0.396 e. The normalized spacial score (nSPS) is 26.4. The Kier molecular flexibility index (Phi) is 4.90. The number of carbonyl (C=O) groups excluding carboxylic acids is 1. The third-order valence-corrected chi connectivity index (χ3v) is 3.02. The molecule has 0 aromatic carbocycles. The van der Waals surface area contributed by atoms with Crippen molar-refractivity contribution in [2.45, 2.75) is 19.3 Å². The molecule has 14 heavy (non-hydrogen) atoms. The van der Waals surface area contributed by atoms with Crippen LogP contribution in [0.4, 0.5) is 0 Å². The van der Waals surface area contributed by atoms with E-state index in [4.69, 9.17) is 5.11 Å². The van der Waals surface area contributed by atoms with E-state index in [1.807, 2.05) is 0 Å². The lowest BCUT2D eigenvalue weighted by Crippen LogP contribution is -2.35. The molecule has 82 valence electrons. The monoisotopic (exact) mass is 200 g/mol. The molecular formula is C10H20N2O2. The highest BCUT2D eigenvalue weighted by Crippen LogP contribution is 2.30. The second-order valence-electron chi connectivity index (χ2n) is 3.94. The zero-order chi connectivity index (χ0) is 10.4. The van der Waals surface area contributed by atoms with Gasteiger partial charge in [0.25, 0.3) is 0 Å². The average Bonchev–Trinajstić information content (AvgIpc) is 2.65. The van der Waals surface area contributed by atoms with Gasteiger partial charge < -0.3 is 15.7 Å². The average molecular weight is 200 g/mol. The summed E-state index contributed by atoms with van der Waals surface area (Å²) in [7, 11) is 1.64. The molecule has 0 spiro atoms. The Balaban J connectivity index is 2.14. The van der Waals surface area contributed by atoms with Gasteiger partial charge in [0.2, 0.25) is 5.91 Å². The summed E-state index contributed by atoms with van der Waals surface area (Å²) < 4.78 is 0. The zero-order valence-electron chi connectivity index (χ0n) is 8.75. The van der Waals surface area contributed by atoms with E-state index in [1.165, 1.54) is 12.8 Å². The van der Waals surface area contributed by atoms with Crippen LogP contribution >= 0.6 is 0 Å². The molecule has 1 aliphatic rings. The van der Waals surface area contributed by atoms with E-state index >= 15 is 0 Å². The Labute approximate surface area is 85.1 Å². The van der Waals surface area contributed by atoms with Crippen LogP contribution in [-0.2, 0) is 4.79 Å². The number of amides is 1. The number of carbonyl (C=O) groups is 1. The molecule has 2 atom stereocenters. The number of aliphatic hydroxyl groups excluding tert-OH is 1. The lowest BCUT2D eigenvalue weighted by molar-refractivity contribution is -0.119. The maximum atomic E-state index is 10.9. The Morgan fingerprint density at radius 1 is 1.43 bits per heavy atom. The van der Waals surface area contributed by atoms with Crippen LogP contribution in [0.2, 0.25) is 0 Å². The van der Waals surface area contributed by atoms with E-state index in [-0.39, 0.29) is 12.5 Å². The fraction of sp³-hybridized carbons (Fsp3) is 0.900. The molecule has 0 aliphatic heterocycles. The molecule has 0 heterocycles. The summed E-state index contributed by atoms with van der Waals surface area (Å²) in [4.78, 5) is 10.9. The molecule has 4 heteroatoms. The summed E-state index contributed by atoms with van der Waals surface area (Å²) in [5, 5.41) is 14.8. The molecule has 3 N–H and O–H groups in total. The maximum Gasteiger partial charge on any atom is 0.233 e. The zero-order valence-corrected chi connectivity index (χ0v) is 8.75. The lowest BCUT2D eigenvalue weighted by Gasteiger charge is -2.17. The van der Waals surface area contributed by atoms with E-state index < -0.39 is 0 Å². The predicted octanol–water partition coefficient (Wildman–Crippen LogP) is -0.269. The number of rotatable bonds is 5. The van der Waals surface area contributed by atoms with Gasteiger partial charge >= 0.3 is 0 Å². The Hall–Kier alpha value is -0.610. The molecule has 0 aromatic heterocycles. The van der Waals surface area contributed by atoms with Crippen LogP contribution in [0, 0.1) is 11.8 Å². The van der Waals surface area contributed by atoms with Crippen LogP contribution in [0.1, 0.15) is 19.3 Å². The van der Waals surface area contributed by atoms with Crippen LogP contribution in [0.15, 0.2) is 0 Å². The Morgan fingerprint density at radius 3 is 2.79 bits per heavy atom. The predicted molar refractivity (Wildman–Crippen MR) is 54.9 cm³/mol. The summed E-state index contributed by atoms with van der Waals surface area (Å²) in [6.45, 7) is 1.51. The molecule has 1 saturated carbocycles. The Bertz CT molecular complexity index is 185. The lowest BCUT2D eigenvalue weighted by atomic mass is 9.97. The number of aliphatic hydroxyl groups is 1. The van der Waals surface area contributed by atoms with Gasteiger partial charge in [-0.05, 0) is 31.2 Å². The molecule has 0 saturated heterocycles. The second-order valence-corrected chi connectivity index (χ2v) is 3.94. The van der Waals surface area contributed by atoms with Crippen molar-refractivity contribution in [1.29, 1.82) is 0 Å². The molecule has 1 rings (SSSR count). The number of nitrogens with one attached hydrogen (secondary N) is 2. The molecule has 1 aliphatic carbocycles. The van der Waals surface area contributed by atoms with Crippen molar-refractivity contribution in [3.8, 4) is 0 Å². The van der Waals surface area contributed by atoms with Crippen molar-refractivity contribution < 1.29 is 9.90 Å². The number of hydrogen-bond acceptors (Lipinski definition) is 3. The molecule has 0 aromatic rings. The third-order valence-electron chi connectivity index (χ3n) is 3.02. The molecule has 2 unspecified atom stereocenters. The van der Waals surface area contributed by atoms with Crippen LogP contribution in [0.5, 0.6) is 0 Å². The number of hydrogen-bond donors (Lipinski definition) is 3. The smallest absolute Gasteiger partial charge is 0.233 e. The fourth-order valence-electron chi connectivity index (χ4n) is 2.08. The first-order valence-corrected chi connectivity index (χ1v) is 5.30. The first-order valence-electron chi connectivity index (χ1n) is 5.30. The molecule has 0 radical (unpaired) electrons. The van der Waals surface area contributed by atoms with Gasteiger partial charge in [0.05, 0.1) is 6.54 Å². The van der Waals surface area contributed by atoms with Crippen LogP contribution in [0.25, 0.3) is 0 Å². The first kappa shape index (κ1) is 11.5. The first-order chi connectivity index (χ1) is 6.77. The van der Waals surface area contributed by atoms with E-state index in [1.54, 1.807) is 7.05 Å². The fourth-order valence-corrected chi connectivity index (χ4v) is 2.08. The van der Waals surface area contributed by atoms with E-state index in [0.717, 1.165) is 13.0 Å². The highest BCUT2D eigenvalue weighted by molar-refractivity contribution is 5.77. The van der Waals surface area contributed by atoms with Crippen molar-refractivity contribution in [3.63, 3.8) is 0 Å². The van der Waals surface area contributed by atoms with Crippen molar-refractivity contribution in [2.24, 2.45) is 11.8 Å². The maximum absolute atomic E-state index is 10.9. The molecule has 1 fully saturated rings. The molecule has 4 nitrogen and oxygen atoms in total. The van der Waals surface area contributed by atoms with Gasteiger partial charge in [-0.15, -0.1) is 0 Å². The summed E-state index contributed by atoms with van der Waals surface area (Å²) in [6.07, 6.45) is 3.51. The van der Waals surface area contributed by atoms with Crippen molar-refractivity contribution >= 4 is 5.91 Å². The van der Waals surface area contributed by atoms with Gasteiger partial charge in [-0.3, -0.25) is 4.79 Å². The van der Waals surface area contributed by atoms with Crippen LogP contribution in [-0.4, -0.2) is 37.8 Å². The SMILES string of the molecule is CNC(=O)CNCC1CCCC1CO. The summed E-state index contributed by atoms with van der Waals surface area (Å²) in [6, 6.07) is 0. The quantitative estimate of drug-likeness (QED) is 0.572. The van der Waals surface area contributed by atoms with Gasteiger partial charge in [0, 0.05) is 13.7 Å².